The summed E-state index contributed by atoms with van der Waals surface area (Å²) in [7, 11) is 0. The van der Waals surface area contributed by atoms with Crippen molar-refractivity contribution in [1.29, 1.82) is 5.26 Å². The summed E-state index contributed by atoms with van der Waals surface area (Å²) in [5, 5.41) is 12.7. The lowest BCUT2D eigenvalue weighted by atomic mass is 10.1. The van der Waals surface area contributed by atoms with Crippen LogP contribution in [0.4, 0.5) is 0 Å². The molecular weight excluding hydrogens is 200 g/mol. The van der Waals surface area contributed by atoms with Gasteiger partial charge in [0.05, 0.1) is 17.8 Å². The number of hydrogen-bond acceptors (Lipinski definition) is 3. The van der Waals surface area contributed by atoms with E-state index in [9.17, 15) is 0 Å². The zero-order valence-electron chi connectivity index (χ0n) is 9.52. The van der Waals surface area contributed by atoms with Gasteiger partial charge in [0, 0.05) is 5.56 Å². The Labute approximate surface area is 96.3 Å². The number of unbranched alkanes of at least 4 members (excludes halogenated alkanes) is 2. The van der Waals surface area contributed by atoms with Crippen molar-refractivity contribution in [3.8, 4) is 6.07 Å². The third kappa shape index (κ3) is 4.14. The van der Waals surface area contributed by atoms with E-state index < -0.39 is 0 Å². The summed E-state index contributed by atoms with van der Waals surface area (Å²) in [5.74, 6) is 0. The molecule has 16 heavy (non-hydrogen) atoms. The Morgan fingerprint density at radius 2 is 2.19 bits per heavy atom. The van der Waals surface area contributed by atoms with Crippen LogP contribution in [-0.4, -0.2) is 12.8 Å². The standard InChI is InChI=1S/C13H16N2O/c1-2-3-6-9-16-15-11-13-8-5-4-7-12(13)10-14/h4-5,7-8,11H,2-3,6,9H2,1H3. The first-order chi connectivity index (χ1) is 7.88. The largest absolute Gasteiger partial charge is 0.396 e. The Balaban J connectivity index is 2.41. The maximum atomic E-state index is 8.84. The second-order valence-corrected chi connectivity index (χ2v) is 3.47. The Morgan fingerprint density at radius 1 is 1.38 bits per heavy atom. The number of hydrogen-bond donors (Lipinski definition) is 0. The summed E-state index contributed by atoms with van der Waals surface area (Å²) in [6.45, 7) is 2.78. The van der Waals surface area contributed by atoms with Crippen molar-refractivity contribution in [2.45, 2.75) is 26.2 Å². The van der Waals surface area contributed by atoms with Crippen LogP contribution in [0.15, 0.2) is 29.4 Å². The lowest BCUT2D eigenvalue weighted by Gasteiger charge is -1.98. The summed E-state index contributed by atoms with van der Waals surface area (Å²) in [6, 6.07) is 9.42. The van der Waals surface area contributed by atoms with Crippen molar-refractivity contribution in [2.24, 2.45) is 5.16 Å². The molecule has 0 N–H and O–H groups in total. The van der Waals surface area contributed by atoms with Gasteiger partial charge in [-0.15, -0.1) is 0 Å². The summed E-state index contributed by atoms with van der Waals surface area (Å²) in [5.41, 5.74) is 1.41. The molecule has 0 bridgehead atoms. The highest BCUT2D eigenvalue weighted by Gasteiger charge is 1.96. The van der Waals surface area contributed by atoms with Gasteiger partial charge in [0.15, 0.2) is 0 Å². The van der Waals surface area contributed by atoms with Gasteiger partial charge in [-0.3, -0.25) is 0 Å². The summed E-state index contributed by atoms with van der Waals surface area (Å²) in [4.78, 5) is 5.10. The summed E-state index contributed by atoms with van der Waals surface area (Å²) in [6.07, 6.45) is 4.94. The predicted octanol–water partition coefficient (Wildman–Crippen LogP) is 3.10. The van der Waals surface area contributed by atoms with Crippen molar-refractivity contribution in [2.75, 3.05) is 6.61 Å². The first-order valence-electron chi connectivity index (χ1n) is 5.53. The minimum Gasteiger partial charge on any atom is -0.396 e. The molecular formula is C13H16N2O. The van der Waals surface area contributed by atoms with Gasteiger partial charge >= 0.3 is 0 Å². The molecule has 84 valence electrons. The molecule has 0 radical (unpaired) electrons. The lowest BCUT2D eigenvalue weighted by molar-refractivity contribution is 0.141. The first kappa shape index (κ1) is 12.3. The summed E-state index contributed by atoms with van der Waals surface area (Å²) >= 11 is 0. The van der Waals surface area contributed by atoms with Crippen LogP contribution in [0.25, 0.3) is 0 Å². The topological polar surface area (TPSA) is 45.4 Å². The van der Waals surface area contributed by atoms with Crippen LogP contribution in [0.2, 0.25) is 0 Å². The van der Waals surface area contributed by atoms with Crippen LogP contribution < -0.4 is 0 Å². The molecule has 0 aliphatic heterocycles. The average Bonchev–Trinajstić information content (AvgIpc) is 2.34. The average molecular weight is 216 g/mol. The van der Waals surface area contributed by atoms with Crippen LogP contribution in [0, 0.1) is 11.3 Å². The smallest absolute Gasteiger partial charge is 0.117 e. The van der Waals surface area contributed by atoms with Crippen LogP contribution >= 0.6 is 0 Å². The van der Waals surface area contributed by atoms with Crippen molar-refractivity contribution in [3.05, 3.63) is 35.4 Å². The van der Waals surface area contributed by atoms with E-state index >= 15 is 0 Å². The maximum Gasteiger partial charge on any atom is 0.117 e. The first-order valence-corrected chi connectivity index (χ1v) is 5.53. The third-order valence-electron chi connectivity index (χ3n) is 2.19. The number of oxime groups is 1. The fraction of sp³-hybridized carbons (Fsp3) is 0.385. The van der Waals surface area contributed by atoms with E-state index in [0.717, 1.165) is 18.4 Å². The van der Waals surface area contributed by atoms with Gasteiger partial charge in [-0.25, -0.2) is 0 Å². The van der Waals surface area contributed by atoms with Gasteiger partial charge in [0.2, 0.25) is 0 Å². The fourth-order valence-electron chi connectivity index (χ4n) is 1.27. The SMILES string of the molecule is CCCCCON=Cc1ccccc1C#N. The number of nitriles is 1. The van der Waals surface area contributed by atoms with Crippen LogP contribution in [-0.2, 0) is 4.84 Å². The molecule has 0 aliphatic carbocycles. The molecule has 0 spiro atoms. The van der Waals surface area contributed by atoms with Crippen LogP contribution in [0.3, 0.4) is 0 Å². The van der Waals surface area contributed by atoms with Crippen molar-refractivity contribution in [1.82, 2.24) is 0 Å². The molecule has 0 amide bonds. The van der Waals surface area contributed by atoms with Gasteiger partial charge in [0.25, 0.3) is 0 Å². The molecule has 0 fully saturated rings. The van der Waals surface area contributed by atoms with Gasteiger partial charge in [0.1, 0.15) is 6.61 Å². The third-order valence-corrected chi connectivity index (χ3v) is 2.19. The number of rotatable bonds is 6. The fourth-order valence-corrected chi connectivity index (χ4v) is 1.27. The lowest BCUT2D eigenvalue weighted by Crippen LogP contribution is -1.91. The molecule has 0 heterocycles. The normalized spacial score (nSPS) is 10.2. The molecule has 1 aromatic rings. The molecule has 0 aromatic heterocycles. The highest BCUT2D eigenvalue weighted by Crippen LogP contribution is 2.04. The second kappa shape index (κ2) is 7.47. The van der Waals surface area contributed by atoms with Crippen molar-refractivity contribution in [3.63, 3.8) is 0 Å². The van der Waals surface area contributed by atoms with Crippen molar-refractivity contribution >= 4 is 6.21 Å². The molecule has 3 nitrogen and oxygen atoms in total. The summed E-state index contributed by atoms with van der Waals surface area (Å²) < 4.78 is 0. The Bertz CT molecular complexity index is 380. The zero-order valence-corrected chi connectivity index (χ0v) is 9.52. The Morgan fingerprint density at radius 3 is 2.94 bits per heavy atom. The molecule has 0 atom stereocenters. The highest BCUT2D eigenvalue weighted by molar-refractivity contribution is 5.82. The Kier molecular flexibility index (Phi) is 5.72. The van der Waals surface area contributed by atoms with E-state index in [1.807, 2.05) is 18.2 Å². The van der Waals surface area contributed by atoms with Crippen LogP contribution in [0.1, 0.15) is 37.3 Å². The second-order valence-electron chi connectivity index (χ2n) is 3.47. The quantitative estimate of drug-likeness (QED) is 0.416. The molecule has 0 saturated carbocycles. The Hall–Kier alpha value is -1.82. The zero-order chi connectivity index (χ0) is 11.6. The van der Waals surface area contributed by atoms with Gasteiger partial charge in [-0.1, -0.05) is 43.1 Å². The van der Waals surface area contributed by atoms with E-state index in [1.54, 1.807) is 12.3 Å². The highest BCUT2D eigenvalue weighted by atomic mass is 16.6. The predicted molar refractivity (Wildman–Crippen MR) is 64.2 cm³/mol. The van der Waals surface area contributed by atoms with Gasteiger partial charge < -0.3 is 4.84 Å². The van der Waals surface area contributed by atoms with E-state index in [1.165, 1.54) is 6.42 Å². The molecule has 0 unspecified atom stereocenters. The van der Waals surface area contributed by atoms with Crippen LogP contribution in [0.5, 0.6) is 0 Å². The molecule has 1 rings (SSSR count). The van der Waals surface area contributed by atoms with E-state index in [-0.39, 0.29) is 0 Å². The molecule has 1 aromatic carbocycles. The minimum absolute atomic E-state index is 0.614. The number of benzene rings is 1. The number of nitrogens with zero attached hydrogens (tertiary/aromatic N) is 2. The molecule has 0 aliphatic rings. The molecule has 3 heteroatoms. The molecule has 0 saturated heterocycles. The van der Waals surface area contributed by atoms with Gasteiger partial charge in [-0.05, 0) is 12.5 Å². The monoisotopic (exact) mass is 216 g/mol. The van der Waals surface area contributed by atoms with E-state index in [2.05, 4.69) is 18.1 Å². The van der Waals surface area contributed by atoms with E-state index in [4.69, 9.17) is 10.1 Å². The van der Waals surface area contributed by atoms with Crippen molar-refractivity contribution < 1.29 is 4.84 Å². The van der Waals surface area contributed by atoms with E-state index in [0.29, 0.717) is 12.2 Å². The minimum atomic E-state index is 0.614. The maximum absolute atomic E-state index is 8.84. The van der Waals surface area contributed by atoms with Gasteiger partial charge in [-0.2, -0.15) is 5.26 Å².